The molecule has 5 nitrogen and oxygen atoms in total. The fourth-order valence-corrected chi connectivity index (χ4v) is 4.92. The molecule has 0 spiro atoms. The van der Waals surface area contributed by atoms with Crippen molar-refractivity contribution in [3.63, 3.8) is 0 Å². The molecule has 1 aromatic rings. The van der Waals surface area contributed by atoms with E-state index in [4.69, 9.17) is 18.0 Å². The summed E-state index contributed by atoms with van der Waals surface area (Å²) in [5, 5.41) is 0. The number of hydrogen-bond acceptors (Lipinski definition) is 5. The SMILES string of the molecule is CCOC(=O)C(O[Si](C)(C)C)c1ccc(O[Si](C)(C)C)c(O[Si](C)(C)C)c1. The molecule has 0 bridgehead atoms. The predicted molar refractivity (Wildman–Crippen MR) is 118 cm³/mol. The zero-order valence-corrected chi connectivity index (χ0v) is 21.6. The summed E-state index contributed by atoms with van der Waals surface area (Å²) in [6.45, 7) is 21.1. The molecule has 1 aromatic carbocycles. The normalized spacial score (nSPS) is 13.9. The first-order chi connectivity index (χ1) is 12.1. The highest BCUT2D eigenvalue weighted by Gasteiger charge is 2.31. The number of rotatable bonds is 9. The summed E-state index contributed by atoms with van der Waals surface area (Å²) in [7, 11) is -5.64. The van der Waals surface area contributed by atoms with E-state index in [0.29, 0.717) is 12.4 Å². The summed E-state index contributed by atoms with van der Waals surface area (Å²) in [5.41, 5.74) is 0.743. The molecule has 0 saturated carbocycles. The van der Waals surface area contributed by atoms with Crippen LogP contribution in [0.5, 0.6) is 11.5 Å². The molecule has 0 fully saturated rings. The average molecular weight is 429 g/mol. The second-order valence-electron chi connectivity index (χ2n) is 9.50. The van der Waals surface area contributed by atoms with Gasteiger partial charge >= 0.3 is 5.97 Å². The van der Waals surface area contributed by atoms with Crippen LogP contribution in [0.25, 0.3) is 0 Å². The summed E-state index contributed by atoms with van der Waals surface area (Å²) >= 11 is 0. The Morgan fingerprint density at radius 3 is 1.81 bits per heavy atom. The largest absolute Gasteiger partial charge is 0.542 e. The molecule has 8 heteroatoms. The molecule has 0 aromatic heterocycles. The van der Waals surface area contributed by atoms with Crippen molar-refractivity contribution < 1.29 is 22.8 Å². The lowest BCUT2D eigenvalue weighted by Crippen LogP contribution is -2.34. The van der Waals surface area contributed by atoms with Gasteiger partial charge in [0, 0.05) is 0 Å². The molecular formula is C19H36O5Si3. The molecular weight excluding hydrogens is 392 g/mol. The molecule has 0 aliphatic rings. The van der Waals surface area contributed by atoms with Gasteiger partial charge in [0.1, 0.15) is 11.5 Å². The fourth-order valence-electron chi connectivity index (χ4n) is 2.34. The van der Waals surface area contributed by atoms with Crippen LogP contribution >= 0.6 is 0 Å². The maximum Gasteiger partial charge on any atom is 0.338 e. The van der Waals surface area contributed by atoms with Crippen LogP contribution in [0.1, 0.15) is 18.6 Å². The average Bonchev–Trinajstić information content (AvgIpc) is 2.43. The van der Waals surface area contributed by atoms with Gasteiger partial charge in [-0.15, -0.1) is 0 Å². The van der Waals surface area contributed by atoms with E-state index in [-0.39, 0.29) is 5.97 Å². The predicted octanol–water partition coefficient (Wildman–Crippen LogP) is 5.57. The lowest BCUT2D eigenvalue weighted by atomic mass is 10.1. The van der Waals surface area contributed by atoms with E-state index in [1.165, 1.54) is 0 Å². The standard InChI is InChI=1S/C19H36O5Si3/c1-11-21-19(20)18(24-27(8,9)10)15-12-13-16(22-25(2,3)4)17(14-15)23-26(5,6)7/h12-14,18H,11H2,1-10H3. The molecule has 1 atom stereocenters. The summed E-state index contributed by atoms with van der Waals surface area (Å²) in [6.07, 6.45) is -0.749. The van der Waals surface area contributed by atoms with Crippen LogP contribution in [-0.4, -0.2) is 37.5 Å². The topological polar surface area (TPSA) is 54.0 Å². The fraction of sp³-hybridized carbons (Fsp3) is 0.632. The molecule has 1 unspecified atom stereocenters. The van der Waals surface area contributed by atoms with Gasteiger partial charge < -0.3 is 18.0 Å². The Labute approximate surface area is 167 Å². The first-order valence-electron chi connectivity index (χ1n) is 9.48. The smallest absolute Gasteiger partial charge is 0.338 e. The highest BCUT2D eigenvalue weighted by atomic mass is 28.4. The van der Waals surface area contributed by atoms with Crippen molar-refractivity contribution in [1.82, 2.24) is 0 Å². The van der Waals surface area contributed by atoms with Crippen molar-refractivity contribution in [1.29, 1.82) is 0 Å². The Kier molecular flexibility index (Phi) is 7.92. The van der Waals surface area contributed by atoms with Gasteiger partial charge in [0.25, 0.3) is 0 Å². The van der Waals surface area contributed by atoms with E-state index in [9.17, 15) is 4.79 Å². The second-order valence-corrected chi connectivity index (χ2v) is 22.8. The van der Waals surface area contributed by atoms with Crippen LogP contribution in [-0.2, 0) is 14.0 Å². The Hall–Kier alpha value is -1.10. The molecule has 27 heavy (non-hydrogen) atoms. The molecule has 0 radical (unpaired) electrons. The molecule has 1 rings (SSSR count). The zero-order chi connectivity index (χ0) is 21.0. The van der Waals surface area contributed by atoms with Crippen LogP contribution in [0.15, 0.2) is 18.2 Å². The van der Waals surface area contributed by atoms with Gasteiger partial charge in [0.05, 0.1) is 6.61 Å². The number of esters is 1. The third-order valence-corrected chi connectivity index (χ3v) is 5.68. The number of carbonyl (C=O) groups excluding carboxylic acids is 1. The van der Waals surface area contributed by atoms with E-state index >= 15 is 0 Å². The summed E-state index contributed by atoms with van der Waals surface area (Å²) in [6, 6.07) is 5.66. The highest BCUT2D eigenvalue weighted by molar-refractivity contribution is 6.71. The highest BCUT2D eigenvalue weighted by Crippen LogP contribution is 2.36. The van der Waals surface area contributed by atoms with E-state index < -0.39 is 31.1 Å². The monoisotopic (exact) mass is 428 g/mol. The van der Waals surface area contributed by atoms with Crippen molar-refractivity contribution in [2.24, 2.45) is 0 Å². The lowest BCUT2D eigenvalue weighted by molar-refractivity contribution is -0.152. The quantitative estimate of drug-likeness (QED) is 0.380. The van der Waals surface area contributed by atoms with Gasteiger partial charge in [-0.2, -0.15) is 0 Å². The zero-order valence-electron chi connectivity index (χ0n) is 18.6. The lowest BCUT2D eigenvalue weighted by Gasteiger charge is -2.28. The Bertz CT molecular complexity index is 642. The third-order valence-electron chi connectivity index (χ3n) is 3.07. The van der Waals surface area contributed by atoms with Crippen molar-refractivity contribution in [2.45, 2.75) is 72.0 Å². The number of benzene rings is 1. The summed E-state index contributed by atoms with van der Waals surface area (Å²) < 4.78 is 23.9. The first kappa shape index (κ1) is 23.9. The molecule has 0 amide bonds. The number of ether oxygens (including phenoxy) is 1. The summed E-state index contributed by atoms with van der Waals surface area (Å²) in [4.78, 5) is 12.6. The van der Waals surface area contributed by atoms with Gasteiger partial charge in [-0.3, -0.25) is 0 Å². The van der Waals surface area contributed by atoms with Crippen molar-refractivity contribution >= 4 is 30.9 Å². The second kappa shape index (κ2) is 8.93. The van der Waals surface area contributed by atoms with Crippen molar-refractivity contribution in [3.8, 4) is 11.5 Å². The van der Waals surface area contributed by atoms with Gasteiger partial charge in [-0.25, -0.2) is 4.79 Å². The third kappa shape index (κ3) is 9.09. The van der Waals surface area contributed by atoms with E-state index in [1.807, 2.05) is 18.2 Å². The van der Waals surface area contributed by atoms with Crippen molar-refractivity contribution in [2.75, 3.05) is 6.61 Å². The van der Waals surface area contributed by atoms with Gasteiger partial charge in [0.15, 0.2) is 14.4 Å². The number of hydrogen-bond donors (Lipinski definition) is 0. The maximum atomic E-state index is 12.6. The van der Waals surface area contributed by atoms with Crippen LogP contribution in [0.4, 0.5) is 0 Å². The van der Waals surface area contributed by atoms with Gasteiger partial charge in [-0.1, -0.05) is 6.07 Å². The Morgan fingerprint density at radius 1 is 0.852 bits per heavy atom. The molecule has 0 heterocycles. The number of carbonyl (C=O) groups is 1. The minimum Gasteiger partial charge on any atom is -0.542 e. The van der Waals surface area contributed by atoms with E-state index in [1.54, 1.807) is 6.92 Å². The van der Waals surface area contributed by atoms with E-state index in [0.717, 1.165) is 11.3 Å². The molecule has 154 valence electrons. The van der Waals surface area contributed by atoms with Gasteiger partial charge in [0.2, 0.25) is 16.6 Å². The summed E-state index contributed by atoms with van der Waals surface area (Å²) in [5.74, 6) is 1.05. The van der Waals surface area contributed by atoms with Crippen LogP contribution in [0.3, 0.4) is 0 Å². The van der Waals surface area contributed by atoms with Gasteiger partial charge in [-0.05, 0) is 83.5 Å². The minimum absolute atomic E-state index is 0.319. The first-order valence-corrected chi connectivity index (χ1v) is 19.7. The minimum atomic E-state index is -1.97. The van der Waals surface area contributed by atoms with Crippen LogP contribution in [0, 0.1) is 0 Å². The van der Waals surface area contributed by atoms with E-state index in [2.05, 4.69) is 58.9 Å². The van der Waals surface area contributed by atoms with Crippen molar-refractivity contribution in [3.05, 3.63) is 23.8 Å². The molecule has 0 saturated heterocycles. The molecule has 0 aliphatic carbocycles. The molecule has 0 aliphatic heterocycles. The maximum absolute atomic E-state index is 12.6. The molecule has 0 N–H and O–H groups in total. The van der Waals surface area contributed by atoms with Crippen LogP contribution < -0.4 is 8.85 Å². The Balaban J connectivity index is 3.38. The van der Waals surface area contributed by atoms with Crippen LogP contribution in [0.2, 0.25) is 58.9 Å². The Morgan fingerprint density at radius 2 is 1.37 bits per heavy atom.